The van der Waals surface area contributed by atoms with Gasteiger partial charge in [-0.3, -0.25) is 4.57 Å². The van der Waals surface area contributed by atoms with Crippen molar-refractivity contribution in [1.29, 1.82) is 0 Å². The molecule has 0 aliphatic heterocycles. The first-order chi connectivity index (χ1) is 9.32. The molecule has 0 unspecified atom stereocenters. The van der Waals surface area contributed by atoms with Crippen molar-refractivity contribution in [3.05, 3.63) is 28.7 Å². The molecule has 20 heavy (non-hydrogen) atoms. The molecule has 1 heterocycles. The molecule has 0 amide bonds. The number of primary sulfonamides is 1. The molecule has 0 fully saturated rings. The number of aromatic nitrogens is 3. The highest BCUT2D eigenvalue weighted by atomic mass is 32.2. The van der Waals surface area contributed by atoms with E-state index in [9.17, 15) is 13.2 Å². The molecule has 10 heteroatoms. The number of nitrogens with two attached hydrogens (primary N) is 2. The zero-order valence-electron chi connectivity index (χ0n) is 10.5. The van der Waals surface area contributed by atoms with E-state index in [0.29, 0.717) is 16.6 Å². The maximum absolute atomic E-state index is 11.4. The van der Waals surface area contributed by atoms with Crippen molar-refractivity contribution in [3.8, 4) is 0 Å². The summed E-state index contributed by atoms with van der Waals surface area (Å²) in [4.78, 5) is 12.0. The normalized spacial score (nSPS) is 11.7. The van der Waals surface area contributed by atoms with E-state index in [1.54, 1.807) is 0 Å². The third-order valence-corrected chi connectivity index (χ3v) is 4.55. The summed E-state index contributed by atoms with van der Waals surface area (Å²) in [5.74, 6) is 0. The summed E-state index contributed by atoms with van der Waals surface area (Å²) < 4.78 is 23.9. The van der Waals surface area contributed by atoms with Crippen LogP contribution in [-0.2, 0) is 16.6 Å². The van der Waals surface area contributed by atoms with E-state index < -0.39 is 10.0 Å². The van der Waals surface area contributed by atoms with Crippen LogP contribution in [0.4, 0.5) is 5.69 Å². The van der Waals surface area contributed by atoms with Crippen LogP contribution in [0.3, 0.4) is 0 Å². The zero-order valence-corrected chi connectivity index (χ0v) is 12.2. The molecule has 0 bridgehead atoms. The van der Waals surface area contributed by atoms with Crippen LogP contribution in [0.2, 0.25) is 0 Å². The van der Waals surface area contributed by atoms with Gasteiger partial charge in [-0.2, -0.15) is 0 Å². The fourth-order valence-electron chi connectivity index (χ4n) is 1.55. The number of benzene rings is 1. The second-order valence-corrected chi connectivity index (χ2v) is 6.47. The van der Waals surface area contributed by atoms with Gasteiger partial charge >= 0.3 is 5.69 Å². The van der Waals surface area contributed by atoms with Crippen molar-refractivity contribution in [2.75, 3.05) is 5.73 Å². The first kappa shape index (κ1) is 14.6. The van der Waals surface area contributed by atoms with Crippen LogP contribution in [0.5, 0.6) is 0 Å². The van der Waals surface area contributed by atoms with Crippen molar-refractivity contribution < 1.29 is 8.42 Å². The lowest BCUT2D eigenvalue weighted by atomic mass is 10.3. The van der Waals surface area contributed by atoms with Crippen LogP contribution >= 0.6 is 11.8 Å². The Hall–Kier alpha value is -1.78. The molecule has 1 aromatic heterocycles. The molecule has 0 aliphatic carbocycles. The highest BCUT2D eigenvalue weighted by Crippen LogP contribution is 2.31. The molecule has 0 spiro atoms. The number of aromatic amines is 1. The fraction of sp³-hybridized carbons (Fsp3) is 0.200. The maximum Gasteiger partial charge on any atom is 0.343 e. The van der Waals surface area contributed by atoms with Crippen LogP contribution in [-0.4, -0.2) is 23.2 Å². The van der Waals surface area contributed by atoms with Crippen molar-refractivity contribution in [2.45, 2.75) is 28.4 Å². The summed E-state index contributed by atoms with van der Waals surface area (Å²) in [7, 11) is -3.79. The molecule has 5 N–H and O–H groups in total. The molecule has 0 aliphatic rings. The highest BCUT2D eigenvalue weighted by molar-refractivity contribution is 7.99. The van der Waals surface area contributed by atoms with Gasteiger partial charge in [-0.15, -0.1) is 5.10 Å². The highest BCUT2D eigenvalue weighted by Gasteiger charge is 2.13. The maximum atomic E-state index is 11.4. The van der Waals surface area contributed by atoms with Crippen molar-refractivity contribution in [2.24, 2.45) is 5.14 Å². The van der Waals surface area contributed by atoms with E-state index in [2.05, 4.69) is 10.2 Å². The Balaban J connectivity index is 2.38. The standard InChI is InChI=1S/C10H13N5O3S2/c1-2-15-9(16)13-14-10(15)19-8-4-3-6(5-7(8)11)20(12,17)18/h3-5H,2,11H2,1H3,(H,13,16)(H2,12,17,18). The van der Waals surface area contributed by atoms with Crippen molar-refractivity contribution in [3.63, 3.8) is 0 Å². The summed E-state index contributed by atoms with van der Waals surface area (Å²) in [5.41, 5.74) is 5.74. The van der Waals surface area contributed by atoms with Crippen LogP contribution in [0.1, 0.15) is 6.92 Å². The first-order valence-electron chi connectivity index (χ1n) is 5.58. The average molecular weight is 315 g/mol. The van der Waals surface area contributed by atoms with Gasteiger partial charge in [0.1, 0.15) is 0 Å². The number of nitrogen functional groups attached to an aromatic ring is 1. The topological polar surface area (TPSA) is 137 Å². The molecule has 0 atom stereocenters. The largest absolute Gasteiger partial charge is 0.398 e. The summed E-state index contributed by atoms with van der Waals surface area (Å²) >= 11 is 1.17. The molecule has 8 nitrogen and oxygen atoms in total. The Morgan fingerprint density at radius 3 is 2.70 bits per heavy atom. The molecule has 108 valence electrons. The average Bonchev–Trinajstić information content (AvgIpc) is 2.71. The minimum Gasteiger partial charge on any atom is -0.398 e. The van der Waals surface area contributed by atoms with Crippen molar-refractivity contribution in [1.82, 2.24) is 14.8 Å². The van der Waals surface area contributed by atoms with Gasteiger partial charge < -0.3 is 5.73 Å². The molecule has 2 rings (SSSR count). The lowest BCUT2D eigenvalue weighted by molar-refractivity contribution is 0.598. The minimum absolute atomic E-state index is 0.0609. The van der Waals surface area contributed by atoms with Gasteiger partial charge in [0.25, 0.3) is 0 Å². The molecular formula is C10H13N5O3S2. The van der Waals surface area contributed by atoms with Gasteiger partial charge in [-0.25, -0.2) is 23.4 Å². The minimum atomic E-state index is -3.79. The Labute approximate surface area is 119 Å². The number of sulfonamides is 1. The third-order valence-electron chi connectivity index (χ3n) is 2.55. The number of nitrogens with zero attached hydrogens (tertiary/aromatic N) is 2. The predicted molar refractivity (Wildman–Crippen MR) is 74.9 cm³/mol. The van der Waals surface area contributed by atoms with Crippen LogP contribution in [0.15, 0.2) is 37.9 Å². The number of nitrogens with one attached hydrogen (secondary N) is 1. The van der Waals surface area contributed by atoms with E-state index in [-0.39, 0.29) is 16.3 Å². The quantitative estimate of drug-likeness (QED) is 0.678. The Bertz CT molecular complexity index is 793. The van der Waals surface area contributed by atoms with Crippen LogP contribution < -0.4 is 16.6 Å². The Morgan fingerprint density at radius 1 is 1.45 bits per heavy atom. The smallest absolute Gasteiger partial charge is 0.343 e. The van der Waals surface area contributed by atoms with Crippen LogP contribution in [0, 0.1) is 0 Å². The Morgan fingerprint density at radius 2 is 2.15 bits per heavy atom. The van der Waals surface area contributed by atoms with Crippen LogP contribution in [0.25, 0.3) is 0 Å². The monoisotopic (exact) mass is 315 g/mol. The summed E-state index contributed by atoms with van der Waals surface area (Å²) in [5, 5.41) is 11.7. The van der Waals surface area contributed by atoms with E-state index in [1.165, 1.54) is 34.5 Å². The third kappa shape index (κ3) is 2.86. The molecule has 1 aromatic carbocycles. The van der Waals surface area contributed by atoms with E-state index >= 15 is 0 Å². The summed E-state index contributed by atoms with van der Waals surface area (Å²) in [6, 6.07) is 4.16. The summed E-state index contributed by atoms with van der Waals surface area (Å²) in [6.07, 6.45) is 0. The number of anilines is 1. The van der Waals surface area contributed by atoms with E-state index in [0.717, 1.165) is 0 Å². The number of hydrogen-bond acceptors (Lipinski definition) is 6. The van der Waals surface area contributed by atoms with Gasteiger partial charge in [-0.05, 0) is 36.9 Å². The van der Waals surface area contributed by atoms with Gasteiger partial charge in [0.2, 0.25) is 10.0 Å². The van der Waals surface area contributed by atoms with E-state index in [4.69, 9.17) is 10.9 Å². The molecule has 2 aromatic rings. The first-order valence-corrected chi connectivity index (χ1v) is 7.94. The second kappa shape index (κ2) is 5.31. The molecule has 0 saturated heterocycles. The fourth-order valence-corrected chi connectivity index (χ4v) is 3.03. The zero-order chi connectivity index (χ0) is 14.9. The van der Waals surface area contributed by atoms with E-state index in [1.807, 2.05) is 6.92 Å². The number of hydrogen-bond donors (Lipinski definition) is 3. The number of rotatable bonds is 4. The SMILES string of the molecule is CCn1c(Sc2ccc(S(N)(=O)=O)cc2N)n[nH]c1=O. The van der Waals surface area contributed by atoms with Crippen molar-refractivity contribution >= 4 is 27.5 Å². The second-order valence-electron chi connectivity index (χ2n) is 3.90. The van der Waals surface area contributed by atoms with Gasteiger partial charge in [-0.1, -0.05) is 0 Å². The number of H-pyrrole nitrogens is 1. The molecule has 0 radical (unpaired) electrons. The van der Waals surface area contributed by atoms with Gasteiger partial charge in [0.15, 0.2) is 5.16 Å². The Kier molecular flexibility index (Phi) is 3.88. The summed E-state index contributed by atoms with van der Waals surface area (Å²) in [6.45, 7) is 2.28. The van der Waals surface area contributed by atoms with Gasteiger partial charge in [0.05, 0.1) is 4.90 Å². The molecule has 0 saturated carbocycles. The lowest BCUT2D eigenvalue weighted by Crippen LogP contribution is -2.16. The van der Waals surface area contributed by atoms with Gasteiger partial charge in [0, 0.05) is 17.1 Å². The molecular weight excluding hydrogens is 302 g/mol. The lowest BCUT2D eigenvalue weighted by Gasteiger charge is -2.07. The predicted octanol–water partition coefficient (Wildman–Crippen LogP) is -0.0279.